The zero-order valence-electron chi connectivity index (χ0n) is 13.7. The molecule has 0 saturated heterocycles. The largest absolute Gasteiger partial charge is 0.462 e. The van der Waals surface area contributed by atoms with Gasteiger partial charge in [0.2, 0.25) is 0 Å². The molecule has 0 fully saturated rings. The highest BCUT2D eigenvalue weighted by atomic mass is 32.1. The van der Waals surface area contributed by atoms with Crippen LogP contribution in [0.15, 0.2) is 17.8 Å². The Morgan fingerprint density at radius 2 is 2.21 bits per heavy atom. The number of imidazole rings is 1. The number of nitrogens with one attached hydrogen (secondary N) is 2. The second kappa shape index (κ2) is 6.48. The number of rotatable bonds is 5. The lowest BCUT2D eigenvalue weighted by molar-refractivity contribution is 0.0525. The third-order valence-corrected chi connectivity index (χ3v) is 4.49. The first-order valence-electron chi connectivity index (χ1n) is 7.56. The number of hydrogen-bond acceptors (Lipinski definition) is 5. The van der Waals surface area contributed by atoms with E-state index in [1.807, 2.05) is 22.2 Å². The fourth-order valence-electron chi connectivity index (χ4n) is 2.61. The van der Waals surface area contributed by atoms with Crippen LogP contribution in [0, 0.1) is 13.8 Å². The number of nitrogens with zero attached hydrogens (tertiary/aromatic N) is 2. The van der Waals surface area contributed by atoms with Gasteiger partial charge in [0.15, 0.2) is 4.96 Å². The molecule has 2 N–H and O–H groups in total. The van der Waals surface area contributed by atoms with Gasteiger partial charge in [-0.3, -0.25) is 9.20 Å². The first-order valence-corrected chi connectivity index (χ1v) is 8.44. The second-order valence-electron chi connectivity index (χ2n) is 5.35. The summed E-state index contributed by atoms with van der Waals surface area (Å²) in [6.07, 6.45) is 3.80. The number of amides is 1. The summed E-state index contributed by atoms with van der Waals surface area (Å²) in [5, 5.41) is 4.78. The Balaban J connectivity index is 1.74. The van der Waals surface area contributed by atoms with E-state index in [2.05, 4.69) is 15.3 Å². The number of aromatic nitrogens is 3. The summed E-state index contributed by atoms with van der Waals surface area (Å²) >= 11 is 1.54. The molecule has 0 bridgehead atoms. The van der Waals surface area contributed by atoms with Gasteiger partial charge in [0.1, 0.15) is 5.69 Å². The van der Waals surface area contributed by atoms with Gasteiger partial charge in [0.05, 0.1) is 24.4 Å². The fraction of sp³-hybridized carbons (Fsp3) is 0.312. The monoisotopic (exact) mass is 346 g/mol. The van der Waals surface area contributed by atoms with E-state index in [4.69, 9.17) is 4.74 Å². The zero-order chi connectivity index (χ0) is 17.3. The summed E-state index contributed by atoms with van der Waals surface area (Å²) < 4.78 is 6.95. The molecule has 0 atom stereocenters. The van der Waals surface area contributed by atoms with Crippen LogP contribution in [-0.2, 0) is 11.3 Å². The van der Waals surface area contributed by atoms with Gasteiger partial charge in [-0.1, -0.05) is 0 Å². The van der Waals surface area contributed by atoms with Crippen LogP contribution < -0.4 is 5.32 Å². The Morgan fingerprint density at radius 1 is 1.42 bits per heavy atom. The van der Waals surface area contributed by atoms with E-state index in [9.17, 15) is 9.59 Å². The molecule has 0 aliphatic rings. The number of fused-ring (bicyclic) bond motifs is 1. The summed E-state index contributed by atoms with van der Waals surface area (Å²) in [6, 6.07) is 0. The van der Waals surface area contributed by atoms with Crippen molar-refractivity contribution in [2.75, 3.05) is 6.61 Å². The summed E-state index contributed by atoms with van der Waals surface area (Å²) in [5.41, 5.74) is 2.79. The van der Waals surface area contributed by atoms with Gasteiger partial charge >= 0.3 is 5.97 Å². The smallest absolute Gasteiger partial charge is 0.340 e. The van der Waals surface area contributed by atoms with Gasteiger partial charge in [-0.2, -0.15) is 0 Å². The molecule has 0 radical (unpaired) electrons. The van der Waals surface area contributed by atoms with Crippen molar-refractivity contribution in [2.45, 2.75) is 27.3 Å². The van der Waals surface area contributed by atoms with E-state index in [1.165, 1.54) is 11.3 Å². The molecule has 0 aliphatic heterocycles. The number of hydrogen-bond donors (Lipinski definition) is 2. The lowest BCUT2D eigenvalue weighted by atomic mass is 10.1. The molecule has 1 amide bonds. The van der Waals surface area contributed by atoms with Crippen LogP contribution in [0.2, 0.25) is 0 Å². The van der Waals surface area contributed by atoms with Gasteiger partial charge in [0, 0.05) is 23.5 Å². The quantitative estimate of drug-likeness (QED) is 0.695. The number of H-pyrrole nitrogens is 1. The Kier molecular flexibility index (Phi) is 4.39. The van der Waals surface area contributed by atoms with Crippen LogP contribution in [0.3, 0.4) is 0 Å². The molecule has 3 heterocycles. The van der Waals surface area contributed by atoms with Crippen molar-refractivity contribution in [1.82, 2.24) is 19.7 Å². The van der Waals surface area contributed by atoms with Crippen LogP contribution in [0.25, 0.3) is 4.96 Å². The second-order valence-corrected chi connectivity index (χ2v) is 6.23. The molecule has 0 unspecified atom stereocenters. The summed E-state index contributed by atoms with van der Waals surface area (Å²) in [4.78, 5) is 32.7. The third-order valence-electron chi connectivity index (χ3n) is 3.72. The van der Waals surface area contributed by atoms with E-state index in [1.54, 1.807) is 20.8 Å². The Bertz CT molecular complexity index is 877. The highest BCUT2D eigenvalue weighted by Gasteiger charge is 2.22. The normalized spacial score (nSPS) is 11.0. The molecule has 3 aromatic heterocycles. The minimum atomic E-state index is -0.419. The summed E-state index contributed by atoms with van der Waals surface area (Å²) in [7, 11) is 0. The van der Waals surface area contributed by atoms with Gasteiger partial charge < -0.3 is 15.0 Å². The maximum atomic E-state index is 12.4. The zero-order valence-corrected chi connectivity index (χ0v) is 14.5. The lowest BCUT2D eigenvalue weighted by Crippen LogP contribution is -2.24. The number of aryl methyl sites for hydroxylation is 1. The van der Waals surface area contributed by atoms with Gasteiger partial charge in [-0.25, -0.2) is 9.78 Å². The number of thiazole rings is 1. The maximum absolute atomic E-state index is 12.4. The van der Waals surface area contributed by atoms with Crippen LogP contribution in [0.5, 0.6) is 0 Å². The first-order chi connectivity index (χ1) is 11.5. The predicted molar refractivity (Wildman–Crippen MR) is 90.5 cm³/mol. The minimum Gasteiger partial charge on any atom is -0.462 e. The van der Waals surface area contributed by atoms with Gasteiger partial charge in [-0.05, 0) is 26.3 Å². The average Bonchev–Trinajstić information content (AvgIpc) is 3.18. The van der Waals surface area contributed by atoms with Crippen molar-refractivity contribution in [1.29, 1.82) is 0 Å². The fourth-order valence-corrected chi connectivity index (χ4v) is 3.33. The maximum Gasteiger partial charge on any atom is 0.340 e. The van der Waals surface area contributed by atoms with E-state index in [0.717, 1.165) is 10.7 Å². The number of carbonyl (C=O) groups excluding carboxylic acids is 2. The Labute approximate surface area is 142 Å². The topological polar surface area (TPSA) is 88.5 Å². The highest BCUT2D eigenvalue weighted by molar-refractivity contribution is 7.15. The van der Waals surface area contributed by atoms with E-state index >= 15 is 0 Å². The SMILES string of the molecule is CCOC(=O)c1c(C)[nH]c(C(=O)NCc2cn3ccsc3n2)c1C. The predicted octanol–water partition coefficient (Wildman–Crippen LogP) is 2.45. The van der Waals surface area contributed by atoms with E-state index in [-0.39, 0.29) is 5.91 Å². The molecule has 0 aromatic carbocycles. The van der Waals surface area contributed by atoms with E-state index < -0.39 is 5.97 Å². The van der Waals surface area contributed by atoms with Crippen LogP contribution >= 0.6 is 11.3 Å². The lowest BCUT2D eigenvalue weighted by Gasteiger charge is -2.04. The van der Waals surface area contributed by atoms with Crippen molar-refractivity contribution in [3.05, 3.63) is 46.0 Å². The van der Waals surface area contributed by atoms with Crippen molar-refractivity contribution in [3.8, 4) is 0 Å². The van der Waals surface area contributed by atoms with Crippen molar-refractivity contribution < 1.29 is 14.3 Å². The first kappa shape index (κ1) is 16.3. The molecule has 0 spiro atoms. The standard InChI is InChI=1S/C16H18N4O3S/c1-4-23-15(22)12-9(2)13(18-10(12)3)14(21)17-7-11-8-20-5-6-24-16(20)19-11/h5-6,8,18H,4,7H2,1-3H3,(H,17,21). The van der Waals surface area contributed by atoms with Crippen molar-refractivity contribution in [3.63, 3.8) is 0 Å². The number of carbonyl (C=O) groups is 2. The van der Waals surface area contributed by atoms with Gasteiger partial charge in [-0.15, -0.1) is 11.3 Å². The van der Waals surface area contributed by atoms with Crippen LogP contribution in [0.1, 0.15) is 44.7 Å². The Hall–Kier alpha value is -2.61. The molecule has 3 rings (SSSR count). The number of esters is 1. The van der Waals surface area contributed by atoms with Gasteiger partial charge in [0.25, 0.3) is 5.91 Å². The number of aromatic amines is 1. The van der Waals surface area contributed by atoms with Crippen LogP contribution in [0.4, 0.5) is 0 Å². The average molecular weight is 346 g/mol. The molecular weight excluding hydrogens is 328 g/mol. The molecule has 0 saturated carbocycles. The molecular formula is C16H18N4O3S. The Morgan fingerprint density at radius 3 is 2.92 bits per heavy atom. The summed E-state index contributed by atoms with van der Waals surface area (Å²) in [5.74, 6) is -0.695. The van der Waals surface area contributed by atoms with Crippen LogP contribution in [-0.4, -0.2) is 32.9 Å². The molecule has 126 valence electrons. The summed E-state index contributed by atoms with van der Waals surface area (Å²) in [6.45, 7) is 5.84. The molecule has 3 aromatic rings. The molecule has 0 aliphatic carbocycles. The van der Waals surface area contributed by atoms with E-state index in [0.29, 0.717) is 35.7 Å². The van der Waals surface area contributed by atoms with Crippen molar-refractivity contribution in [2.24, 2.45) is 0 Å². The molecule has 7 nitrogen and oxygen atoms in total. The molecule has 8 heteroatoms. The molecule has 24 heavy (non-hydrogen) atoms. The third kappa shape index (κ3) is 2.92. The van der Waals surface area contributed by atoms with Crippen molar-refractivity contribution >= 4 is 28.2 Å². The highest BCUT2D eigenvalue weighted by Crippen LogP contribution is 2.19. The minimum absolute atomic E-state index is 0.275. The number of ether oxygens (including phenoxy) is 1.